The fourth-order valence-electron chi connectivity index (χ4n) is 3.92. The van der Waals surface area contributed by atoms with Crippen LogP contribution in [0, 0.1) is 6.92 Å². The van der Waals surface area contributed by atoms with Crippen molar-refractivity contribution in [3.05, 3.63) is 63.7 Å². The van der Waals surface area contributed by atoms with E-state index < -0.39 is 10.0 Å². The SMILES string of the molecule is Cc1ccc(C(=O)NC2CCc3cc(Cl)ccc32)cc1S(=O)(=O)N1CCOCC1. The first-order chi connectivity index (χ1) is 13.9. The zero-order chi connectivity index (χ0) is 20.6. The summed E-state index contributed by atoms with van der Waals surface area (Å²) in [5.74, 6) is -0.281. The van der Waals surface area contributed by atoms with E-state index in [0.717, 1.165) is 24.0 Å². The number of hydrogen-bond donors (Lipinski definition) is 1. The topological polar surface area (TPSA) is 75.7 Å². The Labute approximate surface area is 175 Å². The first kappa shape index (κ1) is 20.3. The number of nitrogens with zero attached hydrogens (tertiary/aromatic N) is 1. The second kappa shape index (κ2) is 8.07. The van der Waals surface area contributed by atoms with Gasteiger partial charge in [-0.25, -0.2) is 8.42 Å². The van der Waals surface area contributed by atoms with Crippen molar-refractivity contribution in [2.75, 3.05) is 26.3 Å². The van der Waals surface area contributed by atoms with Gasteiger partial charge in [-0.1, -0.05) is 23.7 Å². The Balaban J connectivity index is 1.57. The van der Waals surface area contributed by atoms with Gasteiger partial charge in [-0.05, 0) is 60.7 Å². The lowest BCUT2D eigenvalue weighted by atomic mass is 10.1. The fourth-order valence-corrected chi connectivity index (χ4v) is 5.78. The molecule has 0 bridgehead atoms. The number of carbonyl (C=O) groups is 1. The summed E-state index contributed by atoms with van der Waals surface area (Å²) >= 11 is 6.06. The molecular formula is C21H23ClN2O4S. The number of nitrogens with one attached hydrogen (secondary N) is 1. The number of aryl methyl sites for hydroxylation is 2. The van der Waals surface area contributed by atoms with Crippen molar-refractivity contribution < 1.29 is 17.9 Å². The summed E-state index contributed by atoms with van der Waals surface area (Å²) in [6.45, 7) is 3.14. The molecule has 1 N–H and O–H groups in total. The molecule has 1 unspecified atom stereocenters. The predicted octanol–water partition coefficient (Wildman–Crippen LogP) is 3.09. The molecule has 1 aliphatic heterocycles. The summed E-state index contributed by atoms with van der Waals surface area (Å²) in [7, 11) is -3.67. The number of morpholine rings is 1. The summed E-state index contributed by atoms with van der Waals surface area (Å²) in [6.07, 6.45) is 1.65. The van der Waals surface area contributed by atoms with Crippen LogP contribution in [-0.4, -0.2) is 44.9 Å². The number of halogens is 1. The molecule has 0 spiro atoms. The molecule has 0 saturated carbocycles. The minimum Gasteiger partial charge on any atom is -0.379 e. The molecule has 8 heteroatoms. The fraction of sp³-hybridized carbons (Fsp3) is 0.381. The quantitative estimate of drug-likeness (QED) is 0.802. The third-order valence-corrected chi connectivity index (χ3v) is 7.80. The highest BCUT2D eigenvalue weighted by Gasteiger charge is 2.29. The van der Waals surface area contributed by atoms with E-state index in [0.29, 0.717) is 42.5 Å². The van der Waals surface area contributed by atoms with Gasteiger partial charge in [0.25, 0.3) is 5.91 Å². The number of amides is 1. The molecule has 1 amide bonds. The first-order valence-electron chi connectivity index (χ1n) is 9.64. The third-order valence-electron chi connectivity index (χ3n) is 5.53. The van der Waals surface area contributed by atoms with E-state index in [1.54, 1.807) is 19.1 Å². The van der Waals surface area contributed by atoms with Crippen molar-refractivity contribution in [2.24, 2.45) is 0 Å². The molecule has 6 nitrogen and oxygen atoms in total. The van der Waals surface area contributed by atoms with E-state index >= 15 is 0 Å². The Morgan fingerprint density at radius 1 is 1.17 bits per heavy atom. The summed E-state index contributed by atoms with van der Waals surface area (Å²) in [5.41, 5.74) is 3.16. The van der Waals surface area contributed by atoms with Crippen LogP contribution in [0.4, 0.5) is 0 Å². The lowest BCUT2D eigenvalue weighted by Crippen LogP contribution is -2.41. The molecule has 0 radical (unpaired) electrons. The molecule has 1 aliphatic carbocycles. The molecule has 154 valence electrons. The summed E-state index contributed by atoms with van der Waals surface area (Å²) in [6, 6.07) is 10.4. The number of hydrogen-bond acceptors (Lipinski definition) is 4. The van der Waals surface area contributed by atoms with Gasteiger partial charge in [-0.2, -0.15) is 4.31 Å². The van der Waals surface area contributed by atoms with Crippen LogP contribution >= 0.6 is 11.6 Å². The van der Waals surface area contributed by atoms with Crippen LogP contribution in [0.25, 0.3) is 0 Å². The molecule has 1 saturated heterocycles. The summed E-state index contributed by atoms with van der Waals surface area (Å²) in [5, 5.41) is 3.73. The Morgan fingerprint density at radius 3 is 2.69 bits per heavy atom. The molecule has 1 fully saturated rings. The minimum absolute atomic E-state index is 0.102. The normalized spacial score (nSPS) is 19.7. The van der Waals surface area contributed by atoms with Crippen molar-refractivity contribution in [3.8, 4) is 0 Å². The molecule has 2 aliphatic rings. The molecule has 2 aromatic carbocycles. The molecule has 2 aromatic rings. The maximum absolute atomic E-state index is 13.0. The number of sulfonamides is 1. The second-order valence-electron chi connectivity index (χ2n) is 7.40. The molecule has 1 heterocycles. The Kier molecular flexibility index (Phi) is 5.66. The zero-order valence-electron chi connectivity index (χ0n) is 16.2. The Bertz CT molecular complexity index is 1050. The predicted molar refractivity (Wildman–Crippen MR) is 111 cm³/mol. The van der Waals surface area contributed by atoms with Gasteiger partial charge in [0.15, 0.2) is 0 Å². The first-order valence-corrected chi connectivity index (χ1v) is 11.5. The smallest absolute Gasteiger partial charge is 0.251 e. The number of carbonyl (C=O) groups excluding carboxylic acids is 1. The van der Waals surface area contributed by atoms with Crippen molar-refractivity contribution in [2.45, 2.75) is 30.7 Å². The maximum atomic E-state index is 13.0. The van der Waals surface area contributed by atoms with Gasteiger partial charge < -0.3 is 10.1 Å². The minimum atomic E-state index is -3.67. The van der Waals surface area contributed by atoms with Crippen molar-refractivity contribution in [3.63, 3.8) is 0 Å². The summed E-state index contributed by atoms with van der Waals surface area (Å²) in [4.78, 5) is 13.1. The van der Waals surface area contributed by atoms with Crippen LogP contribution in [-0.2, 0) is 21.2 Å². The molecule has 0 aromatic heterocycles. The number of benzene rings is 2. The van der Waals surface area contributed by atoms with Crippen molar-refractivity contribution in [1.29, 1.82) is 0 Å². The molecular weight excluding hydrogens is 412 g/mol. The van der Waals surface area contributed by atoms with E-state index in [1.807, 2.05) is 18.2 Å². The number of rotatable bonds is 4. The van der Waals surface area contributed by atoms with Gasteiger partial charge in [0, 0.05) is 23.7 Å². The highest BCUT2D eigenvalue weighted by atomic mass is 35.5. The average molecular weight is 435 g/mol. The van der Waals surface area contributed by atoms with E-state index in [2.05, 4.69) is 5.32 Å². The van der Waals surface area contributed by atoms with Gasteiger partial charge in [0.1, 0.15) is 0 Å². The Morgan fingerprint density at radius 2 is 1.93 bits per heavy atom. The summed E-state index contributed by atoms with van der Waals surface area (Å²) < 4.78 is 32.8. The standard InChI is InChI=1S/C21H23ClN2O4S/c1-14-2-3-16(13-20(14)29(26,27)24-8-10-28-11-9-24)21(25)23-19-7-4-15-12-17(22)5-6-18(15)19/h2-3,5-6,12-13,19H,4,7-11H2,1H3,(H,23,25). The van der Waals surface area contributed by atoms with E-state index in [4.69, 9.17) is 16.3 Å². The third kappa shape index (κ3) is 4.05. The highest BCUT2D eigenvalue weighted by molar-refractivity contribution is 7.89. The highest BCUT2D eigenvalue weighted by Crippen LogP contribution is 2.33. The van der Waals surface area contributed by atoms with Gasteiger partial charge in [0.05, 0.1) is 24.2 Å². The van der Waals surface area contributed by atoms with Crippen molar-refractivity contribution >= 4 is 27.5 Å². The van der Waals surface area contributed by atoms with Crippen LogP contribution in [0.3, 0.4) is 0 Å². The monoisotopic (exact) mass is 434 g/mol. The Hall–Kier alpha value is -1.93. The van der Waals surface area contributed by atoms with Crippen LogP contribution in [0.5, 0.6) is 0 Å². The van der Waals surface area contributed by atoms with Crippen LogP contribution in [0.2, 0.25) is 5.02 Å². The van der Waals surface area contributed by atoms with Gasteiger partial charge in [-0.3, -0.25) is 4.79 Å². The van der Waals surface area contributed by atoms with Gasteiger partial charge >= 0.3 is 0 Å². The van der Waals surface area contributed by atoms with Gasteiger partial charge in [-0.15, -0.1) is 0 Å². The van der Waals surface area contributed by atoms with Gasteiger partial charge in [0.2, 0.25) is 10.0 Å². The molecule has 1 atom stereocenters. The van der Waals surface area contributed by atoms with E-state index in [-0.39, 0.29) is 16.8 Å². The lowest BCUT2D eigenvalue weighted by Gasteiger charge is -2.27. The lowest BCUT2D eigenvalue weighted by molar-refractivity contribution is 0.0730. The van der Waals surface area contributed by atoms with Crippen LogP contribution in [0.1, 0.15) is 39.5 Å². The largest absolute Gasteiger partial charge is 0.379 e. The average Bonchev–Trinajstić information content (AvgIpc) is 3.10. The van der Waals surface area contributed by atoms with Crippen LogP contribution in [0.15, 0.2) is 41.3 Å². The van der Waals surface area contributed by atoms with Crippen LogP contribution < -0.4 is 5.32 Å². The molecule has 29 heavy (non-hydrogen) atoms. The number of fused-ring (bicyclic) bond motifs is 1. The second-order valence-corrected chi connectivity index (χ2v) is 9.75. The zero-order valence-corrected chi connectivity index (χ0v) is 17.7. The maximum Gasteiger partial charge on any atom is 0.251 e. The van der Waals surface area contributed by atoms with E-state index in [1.165, 1.54) is 10.4 Å². The van der Waals surface area contributed by atoms with E-state index in [9.17, 15) is 13.2 Å². The van der Waals surface area contributed by atoms with Crippen molar-refractivity contribution in [1.82, 2.24) is 9.62 Å². The number of ether oxygens (including phenoxy) is 1. The molecule has 4 rings (SSSR count).